The van der Waals surface area contributed by atoms with Crippen molar-refractivity contribution in [2.45, 2.75) is 10.9 Å². The zero-order valence-electron chi connectivity index (χ0n) is 16.1. The number of halogens is 4. The zero-order valence-corrected chi connectivity index (χ0v) is 19.3. The first-order chi connectivity index (χ1) is 14.8. The van der Waals surface area contributed by atoms with Crippen molar-refractivity contribution >= 4 is 44.6 Å². The van der Waals surface area contributed by atoms with E-state index >= 15 is 0 Å². The molecule has 0 saturated carbocycles. The highest BCUT2D eigenvalue weighted by Gasteiger charge is 2.34. The third kappa shape index (κ3) is 4.79. The van der Waals surface area contributed by atoms with Crippen molar-refractivity contribution in [1.82, 2.24) is 9.21 Å². The van der Waals surface area contributed by atoms with Crippen molar-refractivity contribution in [3.05, 3.63) is 86.0 Å². The molecule has 0 spiro atoms. The van der Waals surface area contributed by atoms with Crippen molar-refractivity contribution in [1.29, 1.82) is 0 Å². The van der Waals surface area contributed by atoms with Crippen LogP contribution in [0.15, 0.2) is 59.5 Å². The predicted molar refractivity (Wildman–Crippen MR) is 119 cm³/mol. The second-order valence-corrected chi connectivity index (χ2v) is 11.3. The summed E-state index contributed by atoms with van der Waals surface area (Å²) in [6, 6.07) is 13.4. The van der Waals surface area contributed by atoms with Crippen molar-refractivity contribution in [2.24, 2.45) is 0 Å². The number of piperazine rings is 1. The first-order valence-electron chi connectivity index (χ1n) is 9.45. The molecule has 4 rings (SSSR count). The van der Waals surface area contributed by atoms with Crippen LogP contribution < -0.4 is 0 Å². The molecule has 10 heteroatoms. The third-order valence-electron chi connectivity index (χ3n) is 5.25. The van der Waals surface area contributed by atoms with Crippen LogP contribution >= 0.6 is 34.5 Å². The second-order valence-electron chi connectivity index (χ2n) is 7.13. The molecule has 2 heterocycles. The highest BCUT2D eigenvalue weighted by molar-refractivity contribution is 7.89. The van der Waals surface area contributed by atoms with Gasteiger partial charge in [0.2, 0.25) is 10.0 Å². The minimum absolute atomic E-state index is 0.0197. The summed E-state index contributed by atoms with van der Waals surface area (Å²) in [4.78, 5) is 2.13. The molecular weight excluding hydrogens is 485 g/mol. The number of benzene rings is 2. The van der Waals surface area contributed by atoms with Crippen LogP contribution in [-0.4, -0.2) is 43.8 Å². The van der Waals surface area contributed by atoms with Crippen LogP contribution in [0, 0.1) is 11.6 Å². The van der Waals surface area contributed by atoms with E-state index in [-0.39, 0.29) is 40.0 Å². The molecule has 2 aromatic carbocycles. The number of hydrogen-bond donors (Lipinski definition) is 0. The van der Waals surface area contributed by atoms with Crippen LogP contribution in [0.2, 0.25) is 8.67 Å². The Hall–Kier alpha value is -1.55. The van der Waals surface area contributed by atoms with Crippen molar-refractivity contribution in [3.8, 4) is 0 Å². The molecule has 0 unspecified atom stereocenters. The van der Waals surface area contributed by atoms with Gasteiger partial charge in [0, 0.05) is 26.2 Å². The molecule has 0 radical (unpaired) electrons. The van der Waals surface area contributed by atoms with E-state index in [4.69, 9.17) is 23.2 Å². The Morgan fingerprint density at radius 1 is 0.839 bits per heavy atom. The molecule has 4 nitrogen and oxygen atoms in total. The van der Waals surface area contributed by atoms with Crippen molar-refractivity contribution in [2.75, 3.05) is 26.2 Å². The summed E-state index contributed by atoms with van der Waals surface area (Å²) in [5.74, 6) is -0.687. The van der Waals surface area contributed by atoms with E-state index in [2.05, 4.69) is 4.90 Å². The fourth-order valence-corrected chi connectivity index (χ4v) is 7.28. The average molecular weight is 503 g/mol. The van der Waals surface area contributed by atoms with Gasteiger partial charge in [-0.25, -0.2) is 17.2 Å². The monoisotopic (exact) mass is 502 g/mol. The van der Waals surface area contributed by atoms with Crippen LogP contribution in [0.1, 0.15) is 17.2 Å². The van der Waals surface area contributed by atoms with Crippen molar-refractivity contribution < 1.29 is 17.2 Å². The van der Waals surface area contributed by atoms with Crippen LogP contribution in [0.5, 0.6) is 0 Å². The van der Waals surface area contributed by atoms with E-state index in [0.29, 0.717) is 17.4 Å². The average Bonchev–Trinajstić information content (AvgIpc) is 3.10. The maximum atomic E-state index is 13.5. The maximum absolute atomic E-state index is 13.5. The molecule has 3 aromatic rings. The van der Waals surface area contributed by atoms with E-state index in [1.54, 1.807) is 24.3 Å². The van der Waals surface area contributed by atoms with Gasteiger partial charge in [-0.1, -0.05) is 47.5 Å². The smallest absolute Gasteiger partial charge is 0.245 e. The van der Waals surface area contributed by atoms with Gasteiger partial charge in [0.05, 0.1) is 10.4 Å². The molecule has 1 saturated heterocycles. The highest BCUT2D eigenvalue weighted by Crippen LogP contribution is 2.37. The summed E-state index contributed by atoms with van der Waals surface area (Å²) in [6.45, 7) is 1.39. The summed E-state index contributed by atoms with van der Waals surface area (Å²) in [7, 11) is -3.76. The van der Waals surface area contributed by atoms with Gasteiger partial charge >= 0.3 is 0 Å². The largest absolute Gasteiger partial charge is 0.290 e. The quantitative estimate of drug-likeness (QED) is 0.467. The highest BCUT2D eigenvalue weighted by atomic mass is 35.5. The Bertz CT molecular complexity index is 1120. The molecule has 0 atom stereocenters. The van der Waals surface area contributed by atoms with Gasteiger partial charge < -0.3 is 0 Å². The minimum atomic E-state index is -3.76. The summed E-state index contributed by atoms with van der Waals surface area (Å²) in [5, 5.41) is 0. The molecule has 1 aliphatic rings. The van der Waals surface area contributed by atoms with Gasteiger partial charge in [-0.3, -0.25) is 4.90 Å². The lowest BCUT2D eigenvalue weighted by Crippen LogP contribution is -2.49. The normalized spacial score (nSPS) is 16.2. The van der Waals surface area contributed by atoms with Crippen LogP contribution in [0.3, 0.4) is 0 Å². The number of nitrogens with zero attached hydrogens (tertiary/aromatic N) is 2. The van der Waals surface area contributed by atoms with E-state index in [1.807, 2.05) is 0 Å². The van der Waals surface area contributed by atoms with Crippen molar-refractivity contribution in [3.63, 3.8) is 0 Å². The molecular formula is C21H18Cl2F2N2O2S2. The van der Waals surface area contributed by atoms with Gasteiger partial charge in [0.25, 0.3) is 0 Å². The Balaban J connectivity index is 1.58. The topological polar surface area (TPSA) is 40.6 Å². The Kier molecular flexibility index (Phi) is 6.67. The SMILES string of the molecule is O=S(=O)(c1cc(Cl)sc1Cl)N1CCN(C(c2ccc(F)cc2)c2ccc(F)cc2)CC1. The van der Waals surface area contributed by atoms with Crippen LogP contribution in [0.4, 0.5) is 8.78 Å². The Morgan fingerprint density at radius 2 is 1.32 bits per heavy atom. The fraction of sp³-hybridized carbons (Fsp3) is 0.238. The lowest BCUT2D eigenvalue weighted by atomic mass is 9.96. The van der Waals surface area contributed by atoms with E-state index in [9.17, 15) is 17.2 Å². The second kappa shape index (κ2) is 9.13. The summed E-state index contributed by atoms with van der Waals surface area (Å²) in [5.41, 5.74) is 1.69. The lowest BCUT2D eigenvalue weighted by molar-refractivity contribution is 0.155. The van der Waals surface area contributed by atoms with Gasteiger partial charge in [-0.05, 0) is 41.5 Å². The first-order valence-corrected chi connectivity index (χ1v) is 12.5. The molecule has 0 N–H and O–H groups in total. The Labute approximate surface area is 193 Å². The lowest BCUT2D eigenvalue weighted by Gasteiger charge is -2.39. The summed E-state index contributed by atoms with van der Waals surface area (Å²) < 4.78 is 54.8. The molecule has 1 fully saturated rings. The van der Waals surface area contributed by atoms with Crippen LogP contribution in [0.25, 0.3) is 0 Å². The van der Waals surface area contributed by atoms with Gasteiger partial charge in [-0.2, -0.15) is 4.31 Å². The minimum Gasteiger partial charge on any atom is -0.290 e. The van der Waals surface area contributed by atoms with Crippen LogP contribution in [-0.2, 0) is 10.0 Å². The van der Waals surface area contributed by atoms with E-state index in [1.165, 1.54) is 34.6 Å². The fourth-order valence-electron chi connectivity index (χ4n) is 3.75. The van der Waals surface area contributed by atoms with Gasteiger partial charge in [-0.15, -0.1) is 11.3 Å². The summed E-state index contributed by atoms with van der Waals surface area (Å²) in [6.07, 6.45) is 0. The van der Waals surface area contributed by atoms with Gasteiger partial charge in [0.15, 0.2) is 0 Å². The first kappa shape index (κ1) is 22.6. The molecule has 0 bridgehead atoms. The maximum Gasteiger partial charge on any atom is 0.245 e. The standard InChI is InChI=1S/C21H18Cl2F2N2O2S2/c22-19-13-18(21(23)30-19)31(28,29)27-11-9-26(10-12-27)20(14-1-5-16(24)6-2-14)15-3-7-17(25)8-4-15/h1-8,13,20H,9-12H2. The number of sulfonamides is 1. The van der Waals surface area contributed by atoms with E-state index in [0.717, 1.165) is 22.5 Å². The zero-order chi connectivity index (χ0) is 22.2. The third-order valence-corrected chi connectivity index (χ3v) is 8.90. The number of hydrogen-bond acceptors (Lipinski definition) is 4. The molecule has 1 aromatic heterocycles. The van der Waals surface area contributed by atoms with Gasteiger partial charge in [0.1, 0.15) is 20.9 Å². The molecule has 0 aliphatic carbocycles. The number of rotatable bonds is 5. The Morgan fingerprint density at radius 3 is 1.74 bits per heavy atom. The molecule has 31 heavy (non-hydrogen) atoms. The molecule has 1 aliphatic heterocycles. The molecule has 0 amide bonds. The predicted octanol–water partition coefficient (Wildman–Crippen LogP) is 5.43. The molecule has 164 valence electrons. The van der Waals surface area contributed by atoms with E-state index < -0.39 is 10.0 Å². The number of thiophene rings is 1. The summed E-state index contributed by atoms with van der Waals surface area (Å²) >= 11 is 13.0.